The van der Waals surface area contributed by atoms with Crippen LogP contribution in [0.1, 0.15) is 35.8 Å². The predicted octanol–water partition coefficient (Wildman–Crippen LogP) is 6.92. The van der Waals surface area contributed by atoms with Crippen molar-refractivity contribution in [2.75, 3.05) is 11.1 Å². The summed E-state index contributed by atoms with van der Waals surface area (Å²) in [4.78, 5) is 22.3. The maximum absolute atomic E-state index is 12.7. The summed E-state index contributed by atoms with van der Waals surface area (Å²) < 4.78 is 0. The molecule has 7 heteroatoms. The van der Waals surface area contributed by atoms with Crippen LogP contribution in [-0.4, -0.2) is 21.6 Å². The molecule has 0 radical (unpaired) electrons. The lowest BCUT2D eigenvalue weighted by Gasteiger charge is -2.17. The Morgan fingerprint density at radius 2 is 1.89 bits per heavy atom. The highest BCUT2D eigenvalue weighted by Crippen LogP contribution is 2.39. The predicted molar refractivity (Wildman–Crippen MR) is 144 cm³/mol. The molecule has 1 atom stereocenters. The molecule has 2 aromatic heterocycles. The van der Waals surface area contributed by atoms with E-state index in [9.17, 15) is 10.1 Å². The fraction of sp³-hybridized carbons (Fsp3) is 0.250. The Hall–Kier alpha value is -3.34. The molecule has 1 aliphatic rings. The maximum Gasteiger partial charge on any atom is 0.225 e. The van der Waals surface area contributed by atoms with Crippen LogP contribution in [0.2, 0.25) is 0 Å². The van der Waals surface area contributed by atoms with E-state index in [1.165, 1.54) is 16.6 Å². The molecule has 5 nitrogen and oxygen atoms in total. The Morgan fingerprint density at radius 3 is 2.60 bits per heavy atom. The van der Waals surface area contributed by atoms with Crippen LogP contribution in [0, 0.1) is 17.2 Å². The van der Waals surface area contributed by atoms with Gasteiger partial charge in [0.1, 0.15) is 11.1 Å². The van der Waals surface area contributed by atoms with Gasteiger partial charge in [0.25, 0.3) is 0 Å². The highest BCUT2D eigenvalue weighted by molar-refractivity contribution is 7.99. The van der Waals surface area contributed by atoms with Gasteiger partial charge in [-0.1, -0.05) is 79.3 Å². The van der Waals surface area contributed by atoms with E-state index in [0.29, 0.717) is 28.7 Å². The van der Waals surface area contributed by atoms with E-state index in [2.05, 4.69) is 47.6 Å². The summed E-state index contributed by atoms with van der Waals surface area (Å²) in [5, 5.41) is 14.2. The third kappa shape index (κ3) is 5.19. The number of thioether (sulfide) groups is 1. The van der Waals surface area contributed by atoms with Gasteiger partial charge in [-0.2, -0.15) is 5.26 Å². The van der Waals surface area contributed by atoms with Gasteiger partial charge < -0.3 is 10.3 Å². The van der Waals surface area contributed by atoms with Crippen molar-refractivity contribution < 1.29 is 4.79 Å². The number of fused-ring (bicyclic) bond motifs is 1. The van der Waals surface area contributed by atoms with Gasteiger partial charge in [0.05, 0.1) is 17.0 Å². The summed E-state index contributed by atoms with van der Waals surface area (Å²) in [6.45, 7) is 2.24. The first-order valence-electron chi connectivity index (χ1n) is 11.8. The molecule has 1 amide bonds. The normalized spacial score (nSPS) is 14.8. The van der Waals surface area contributed by atoms with Gasteiger partial charge in [0.2, 0.25) is 5.91 Å². The number of anilines is 1. The van der Waals surface area contributed by atoms with E-state index in [1.807, 2.05) is 36.4 Å². The first kappa shape index (κ1) is 23.4. The van der Waals surface area contributed by atoms with E-state index in [-0.39, 0.29) is 5.91 Å². The van der Waals surface area contributed by atoms with E-state index in [4.69, 9.17) is 4.98 Å². The molecule has 35 heavy (non-hydrogen) atoms. The van der Waals surface area contributed by atoms with Gasteiger partial charge in [-0.15, -0.1) is 11.3 Å². The number of thiophene rings is 1. The van der Waals surface area contributed by atoms with Crippen molar-refractivity contribution in [1.29, 1.82) is 5.26 Å². The zero-order valence-electron chi connectivity index (χ0n) is 19.5. The van der Waals surface area contributed by atoms with Crippen molar-refractivity contribution in [2.45, 2.75) is 37.8 Å². The molecule has 0 aliphatic heterocycles. The molecule has 1 unspecified atom stereocenters. The zero-order chi connectivity index (χ0) is 24.2. The Balaban J connectivity index is 1.27. The van der Waals surface area contributed by atoms with Crippen LogP contribution in [0.4, 0.5) is 5.00 Å². The second-order valence-corrected chi connectivity index (χ2v) is 11.0. The Labute approximate surface area is 213 Å². The minimum Gasteiger partial charge on any atom is -0.332 e. The summed E-state index contributed by atoms with van der Waals surface area (Å²) >= 11 is 3.10. The van der Waals surface area contributed by atoms with E-state index in [0.717, 1.165) is 52.5 Å². The summed E-state index contributed by atoms with van der Waals surface area (Å²) in [6, 6.07) is 22.6. The van der Waals surface area contributed by atoms with Crippen LogP contribution in [0.15, 0.2) is 65.8 Å². The average molecular weight is 499 g/mol. The minimum atomic E-state index is -0.0706. The van der Waals surface area contributed by atoms with Crippen molar-refractivity contribution in [2.24, 2.45) is 5.92 Å². The second-order valence-electron chi connectivity index (χ2n) is 8.81. The number of nitrogens with one attached hydrogen (secondary N) is 2. The van der Waals surface area contributed by atoms with Crippen molar-refractivity contribution in [3.05, 3.63) is 76.7 Å². The average Bonchev–Trinajstić information content (AvgIpc) is 3.45. The van der Waals surface area contributed by atoms with Gasteiger partial charge in [0, 0.05) is 28.2 Å². The number of rotatable bonds is 7. The lowest BCUT2D eigenvalue weighted by atomic mass is 9.89. The third-order valence-electron chi connectivity index (χ3n) is 6.24. The van der Waals surface area contributed by atoms with Gasteiger partial charge in [-0.05, 0) is 30.7 Å². The lowest BCUT2D eigenvalue weighted by molar-refractivity contribution is -0.115. The molecule has 0 bridgehead atoms. The molecule has 0 spiro atoms. The fourth-order valence-corrected chi connectivity index (χ4v) is 6.61. The number of amides is 1. The molecule has 0 saturated carbocycles. The van der Waals surface area contributed by atoms with Crippen LogP contribution in [0.3, 0.4) is 0 Å². The van der Waals surface area contributed by atoms with Crippen LogP contribution >= 0.6 is 23.1 Å². The lowest BCUT2D eigenvalue weighted by Crippen LogP contribution is -2.12. The van der Waals surface area contributed by atoms with Crippen LogP contribution < -0.4 is 5.32 Å². The van der Waals surface area contributed by atoms with E-state index in [1.54, 1.807) is 11.3 Å². The van der Waals surface area contributed by atoms with Crippen LogP contribution in [0.25, 0.3) is 22.5 Å². The van der Waals surface area contributed by atoms with E-state index < -0.39 is 0 Å². The Morgan fingerprint density at radius 1 is 1.17 bits per heavy atom. The highest BCUT2D eigenvalue weighted by atomic mass is 32.2. The monoisotopic (exact) mass is 498 g/mol. The third-order valence-corrected chi connectivity index (χ3v) is 8.28. The fourth-order valence-electron chi connectivity index (χ4n) is 4.43. The number of hydrogen-bond donors (Lipinski definition) is 2. The van der Waals surface area contributed by atoms with Gasteiger partial charge in [0.15, 0.2) is 5.16 Å². The van der Waals surface area contributed by atoms with Gasteiger partial charge in [-0.3, -0.25) is 4.79 Å². The number of benzene rings is 2. The summed E-state index contributed by atoms with van der Waals surface area (Å²) in [6.07, 6.45) is 3.36. The highest BCUT2D eigenvalue weighted by Gasteiger charge is 2.24. The van der Waals surface area contributed by atoms with Crippen molar-refractivity contribution in [1.82, 2.24) is 9.97 Å². The number of nitrogens with zero attached hydrogens (tertiary/aromatic N) is 2. The topological polar surface area (TPSA) is 81.6 Å². The SMILES string of the molecule is CC1CCc2c(sc(NC(=O)CCSc3nc(-c4ccccc4)c(-c4ccccc4)[nH]3)c2C#N)C1. The van der Waals surface area contributed by atoms with Crippen molar-refractivity contribution in [3.8, 4) is 28.6 Å². The van der Waals surface area contributed by atoms with Crippen LogP contribution in [0.5, 0.6) is 0 Å². The molecular formula is C28H26N4OS2. The first-order valence-corrected chi connectivity index (χ1v) is 13.6. The number of nitriles is 1. The zero-order valence-corrected chi connectivity index (χ0v) is 21.1. The number of aromatic amines is 1. The molecule has 2 N–H and O–H groups in total. The minimum absolute atomic E-state index is 0.0706. The number of hydrogen-bond acceptors (Lipinski definition) is 5. The Bertz CT molecular complexity index is 1310. The molecular weight excluding hydrogens is 472 g/mol. The summed E-state index contributed by atoms with van der Waals surface area (Å²) in [5.41, 5.74) is 5.79. The molecule has 176 valence electrons. The molecule has 5 rings (SSSR count). The van der Waals surface area contributed by atoms with Crippen molar-refractivity contribution >= 4 is 34.0 Å². The van der Waals surface area contributed by atoms with Gasteiger partial charge in [-0.25, -0.2) is 4.98 Å². The number of H-pyrrole nitrogens is 1. The van der Waals surface area contributed by atoms with Crippen LogP contribution in [-0.2, 0) is 17.6 Å². The number of aromatic nitrogens is 2. The van der Waals surface area contributed by atoms with Gasteiger partial charge >= 0.3 is 0 Å². The molecule has 1 aliphatic carbocycles. The maximum atomic E-state index is 12.7. The summed E-state index contributed by atoms with van der Waals surface area (Å²) in [7, 11) is 0. The molecule has 0 fully saturated rings. The molecule has 2 heterocycles. The Kier molecular flexibility index (Phi) is 7.03. The number of carbonyl (C=O) groups excluding carboxylic acids is 1. The largest absolute Gasteiger partial charge is 0.332 e. The number of imidazole rings is 1. The molecule has 4 aromatic rings. The molecule has 2 aromatic carbocycles. The quantitative estimate of drug-likeness (QED) is 0.271. The number of carbonyl (C=O) groups is 1. The van der Waals surface area contributed by atoms with Crippen molar-refractivity contribution in [3.63, 3.8) is 0 Å². The standard InChI is InChI=1S/C28H26N4OS2/c1-18-12-13-21-22(17-29)27(35-23(21)16-18)30-24(33)14-15-34-28-31-25(19-8-4-2-5-9-19)26(32-28)20-10-6-3-7-11-20/h2-11,18H,12-16H2,1H3,(H,30,33)(H,31,32). The first-order chi connectivity index (χ1) is 17.1. The molecule has 0 saturated heterocycles. The van der Waals surface area contributed by atoms with E-state index >= 15 is 0 Å². The summed E-state index contributed by atoms with van der Waals surface area (Å²) in [5.74, 6) is 1.15. The smallest absolute Gasteiger partial charge is 0.225 e. The second kappa shape index (κ2) is 10.5.